The van der Waals surface area contributed by atoms with Crippen molar-refractivity contribution in [2.75, 3.05) is 18.7 Å². The molecule has 0 N–H and O–H groups in total. The number of aryl methyl sites for hydroxylation is 1. The summed E-state index contributed by atoms with van der Waals surface area (Å²) in [6, 6.07) is 4.60. The summed E-state index contributed by atoms with van der Waals surface area (Å²) in [6.45, 7) is 6.77. The summed E-state index contributed by atoms with van der Waals surface area (Å²) in [5.74, 6) is -0.495. The molecule has 0 aliphatic carbocycles. The molecule has 1 rings (SSSR count). The van der Waals surface area contributed by atoms with Crippen molar-refractivity contribution in [1.82, 2.24) is 0 Å². The zero-order valence-corrected chi connectivity index (χ0v) is 12.2. The number of hydrogen-bond acceptors (Lipinski definition) is 3. The van der Waals surface area contributed by atoms with Crippen LogP contribution in [0, 0.1) is 6.92 Å². The van der Waals surface area contributed by atoms with E-state index in [1.807, 2.05) is 0 Å². The lowest BCUT2D eigenvalue weighted by molar-refractivity contribution is -0.0604. The Balaban J connectivity index is 3.26. The first kappa shape index (κ1) is 17.0. The zero-order valence-electron chi connectivity index (χ0n) is 12.2. The molecule has 4 nitrogen and oxygen atoms in total. The Morgan fingerprint density at radius 3 is 2.48 bits per heavy atom. The fraction of sp³-hybridized carbons (Fsp3) is 0.429. The predicted octanol–water partition coefficient (Wildman–Crippen LogP) is 3.80. The number of rotatable bonds is 5. The van der Waals surface area contributed by atoms with Crippen molar-refractivity contribution in [3.8, 4) is 5.75 Å². The van der Waals surface area contributed by atoms with Gasteiger partial charge in [0.25, 0.3) is 0 Å². The molecule has 0 aromatic heterocycles. The topological polar surface area (TPSA) is 37.2 Å². The Hall–Kier alpha value is -2.05. The maximum absolute atomic E-state index is 13.1. The second-order valence-corrected chi connectivity index (χ2v) is 4.31. The van der Waals surface area contributed by atoms with Crippen LogP contribution in [0.3, 0.4) is 0 Å². The van der Waals surface area contributed by atoms with Gasteiger partial charge in [-0.2, -0.15) is 18.3 Å². The number of hydrogen-bond donors (Lipinski definition) is 0. The van der Waals surface area contributed by atoms with E-state index in [2.05, 4.69) is 16.8 Å². The van der Waals surface area contributed by atoms with Gasteiger partial charge < -0.3 is 4.74 Å². The minimum absolute atomic E-state index is 0.0655. The van der Waals surface area contributed by atoms with Crippen molar-refractivity contribution in [3.63, 3.8) is 0 Å². The third-order valence-corrected chi connectivity index (χ3v) is 2.70. The molecular formula is C14H18F3N3O. The third-order valence-electron chi connectivity index (χ3n) is 2.70. The van der Waals surface area contributed by atoms with Crippen LogP contribution >= 0.6 is 0 Å². The number of alkyl halides is 3. The Kier molecular flexibility index (Phi) is 5.75. The number of hydrazone groups is 1. The van der Waals surface area contributed by atoms with Gasteiger partial charge in [0.2, 0.25) is 5.84 Å². The molecule has 1 aromatic carbocycles. The van der Waals surface area contributed by atoms with Gasteiger partial charge in [-0.05, 0) is 37.1 Å². The van der Waals surface area contributed by atoms with Crippen LogP contribution in [0.5, 0.6) is 5.75 Å². The summed E-state index contributed by atoms with van der Waals surface area (Å²) >= 11 is 0. The number of amidine groups is 1. The fourth-order valence-corrected chi connectivity index (χ4v) is 1.76. The van der Waals surface area contributed by atoms with Crippen LogP contribution in [0.1, 0.15) is 18.9 Å². The van der Waals surface area contributed by atoms with E-state index in [0.29, 0.717) is 22.7 Å². The molecule has 0 atom stereocenters. The van der Waals surface area contributed by atoms with Crippen molar-refractivity contribution >= 4 is 18.2 Å². The number of anilines is 1. The molecule has 1 aromatic rings. The van der Waals surface area contributed by atoms with E-state index in [1.165, 1.54) is 13.2 Å². The lowest BCUT2D eigenvalue weighted by atomic mass is 10.2. The first-order valence-electron chi connectivity index (χ1n) is 6.38. The van der Waals surface area contributed by atoms with Gasteiger partial charge in [-0.15, -0.1) is 0 Å². The normalized spacial score (nSPS) is 12.2. The molecule has 0 spiro atoms. The molecule has 0 aliphatic heterocycles. The minimum Gasteiger partial charge on any atom is -0.496 e. The molecule has 0 saturated heterocycles. The van der Waals surface area contributed by atoms with E-state index >= 15 is 0 Å². The highest BCUT2D eigenvalue weighted by molar-refractivity contribution is 6.01. The van der Waals surface area contributed by atoms with E-state index in [-0.39, 0.29) is 12.2 Å². The quantitative estimate of drug-likeness (QED) is 0.471. The molecule has 0 fully saturated rings. The van der Waals surface area contributed by atoms with E-state index in [4.69, 9.17) is 4.74 Å². The lowest BCUT2D eigenvalue weighted by Crippen LogP contribution is -2.38. The van der Waals surface area contributed by atoms with Gasteiger partial charge in [-0.3, -0.25) is 4.99 Å². The Labute approximate surface area is 121 Å². The predicted molar refractivity (Wildman–Crippen MR) is 78.4 cm³/mol. The lowest BCUT2D eigenvalue weighted by Gasteiger charge is -2.23. The molecule has 0 radical (unpaired) electrons. The van der Waals surface area contributed by atoms with Crippen LogP contribution in [0.2, 0.25) is 0 Å². The Morgan fingerprint density at radius 1 is 1.38 bits per heavy atom. The third kappa shape index (κ3) is 4.21. The summed E-state index contributed by atoms with van der Waals surface area (Å²) in [7, 11) is 1.50. The Morgan fingerprint density at radius 2 is 2.05 bits per heavy atom. The van der Waals surface area contributed by atoms with Crippen molar-refractivity contribution in [3.05, 3.63) is 23.8 Å². The number of benzene rings is 1. The SMILES string of the molecule is C=NN(C(=NCCC)C(F)(F)F)c1ccc(OC)c(C)c1. The second-order valence-electron chi connectivity index (χ2n) is 4.31. The van der Waals surface area contributed by atoms with Crippen molar-refractivity contribution in [1.29, 1.82) is 0 Å². The molecule has 0 saturated carbocycles. The van der Waals surface area contributed by atoms with Gasteiger partial charge in [0, 0.05) is 13.3 Å². The van der Waals surface area contributed by atoms with Crippen LogP contribution < -0.4 is 9.75 Å². The summed E-state index contributed by atoms with van der Waals surface area (Å²) in [5.41, 5.74) is 0.927. The van der Waals surface area contributed by atoms with Gasteiger partial charge >= 0.3 is 6.18 Å². The van der Waals surface area contributed by atoms with Gasteiger partial charge in [0.05, 0.1) is 12.8 Å². The fourth-order valence-electron chi connectivity index (χ4n) is 1.76. The Bertz CT molecular complexity index is 527. The summed E-state index contributed by atoms with van der Waals surface area (Å²) in [4.78, 5) is 3.59. The van der Waals surface area contributed by atoms with Crippen LogP contribution in [0.4, 0.5) is 18.9 Å². The van der Waals surface area contributed by atoms with Crippen LogP contribution in [0.25, 0.3) is 0 Å². The molecule has 0 heterocycles. The van der Waals surface area contributed by atoms with Gasteiger partial charge in [0.15, 0.2) is 0 Å². The average Bonchev–Trinajstić information content (AvgIpc) is 2.42. The number of nitrogens with zero attached hydrogens (tertiary/aromatic N) is 3. The van der Waals surface area contributed by atoms with E-state index in [1.54, 1.807) is 26.0 Å². The summed E-state index contributed by atoms with van der Waals surface area (Å²) < 4.78 is 44.5. The monoisotopic (exact) mass is 301 g/mol. The highest BCUT2D eigenvalue weighted by atomic mass is 19.4. The molecule has 116 valence electrons. The van der Waals surface area contributed by atoms with Crippen molar-refractivity contribution in [2.24, 2.45) is 10.1 Å². The standard InChI is InChI=1S/C14H18F3N3O/c1-5-8-19-13(14(15,16)17)20(18-3)11-6-7-12(21-4)10(2)9-11/h6-7,9H,3,5,8H2,1-2,4H3. The van der Waals surface area contributed by atoms with Crippen molar-refractivity contribution in [2.45, 2.75) is 26.4 Å². The first-order chi connectivity index (χ1) is 9.85. The average molecular weight is 301 g/mol. The summed E-state index contributed by atoms with van der Waals surface area (Å²) in [5, 5.41) is 4.16. The molecule has 21 heavy (non-hydrogen) atoms. The zero-order chi connectivity index (χ0) is 16.0. The van der Waals surface area contributed by atoms with Gasteiger partial charge in [-0.25, -0.2) is 5.01 Å². The second kappa shape index (κ2) is 7.10. The van der Waals surface area contributed by atoms with Crippen LogP contribution in [-0.2, 0) is 0 Å². The van der Waals surface area contributed by atoms with Crippen molar-refractivity contribution < 1.29 is 17.9 Å². The largest absolute Gasteiger partial charge is 0.496 e. The van der Waals surface area contributed by atoms with Crippen LogP contribution in [-0.4, -0.2) is 32.4 Å². The molecule has 0 amide bonds. The van der Waals surface area contributed by atoms with E-state index in [0.717, 1.165) is 0 Å². The molecule has 0 aliphatic rings. The number of methoxy groups -OCH3 is 1. The first-order valence-corrected chi connectivity index (χ1v) is 6.38. The van der Waals surface area contributed by atoms with E-state index < -0.39 is 12.0 Å². The highest BCUT2D eigenvalue weighted by Gasteiger charge is 2.40. The van der Waals surface area contributed by atoms with Gasteiger partial charge in [0.1, 0.15) is 5.75 Å². The number of halogens is 3. The molecular weight excluding hydrogens is 283 g/mol. The number of ether oxygens (including phenoxy) is 1. The maximum atomic E-state index is 13.1. The minimum atomic E-state index is -4.61. The molecule has 0 bridgehead atoms. The number of aliphatic imine (C=N–C) groups is 1. The van der Waals surface area contributed by atoms with E-state index in [9.17, 15) is 13.2 Å². The summed E-state index contributed by atoms with van der Waals surface area (Å²) in [6.07, 6.45) is -4.10. The van der Waals surface area contributed by atoms with Gasteiger partial charge in [-0.1, -0.05) is 6.92 Å². The maximum Gasteiger partial charge on any atom is 0.451 e. The molecule has 7 heteroatoms. The smallest absolute Gasteiger partial charge is 0.451 e. The molecule has 0 unspecified atom stereocenters. The van der Waals surface area contributed by atoms with Crippen LogP contribution in [0.15, 0.2) is 28.3 Å². The highest BCUT2D eigenvalue weighted by Crippen LogP contribution is 2.29.